The number of hydrogen-bond acceptors (Lipinski definition) is 3. The van der Waals surface area contributed by atoms with Gasteiger partial charge in [-0.15, -0.1) is 16.9 Å². The Morgan fingerprint density at radius 2 is 2.18 bits per heavy atom. The zero-order valence-electron chi connectivity index (χ0n) is 9.01. The van der Waals surface area contributed by atoms with Crippen molar-refractivity contribution in [1.82, 2.24) is 15.0 Å². The van der Waals surface area contributed by atoms with Gasteiger partial charge in [0.1, 0.15) is 5.82 Å². The van der Waals surface area contributed by atoms with Crippen LogP contribution in [0.25, 0.3) is 0 Å². The first-order valence-corrected chi connectivity index (χ1v) is 7.22. The highest BCUT2D eigenvalue weighted by Gasteiger charge is 2.02. The Balaban J connectivity index is 1.85. The number of alkyl halides is 1. The number of rotatable bonds is 5. The first kappa shape index (κ1) is 12.6. The van der Waals surface area contributed by atoms with E-state index in [4.69, 9.17) is 0 Å². The number of halogens is 2. The van der Waals surface area contributed by atoms with E-state index in [1.165, 1.54) is 17.8 Å². The topological polar surface area (TPSA) is 30.7 Å². The zero-order valence-corrected chi connectivity index (χ0v) is 11.4. The first-order chi connectivity index (χ1) is 8.29. The molecule has 6 heteroatoms. The van der Waals surface area contributed by atoms with E-state index in [1.54, 1.807) is 16.8 Å². The molecule has 2 rings (SSSR count). The van der Waals surface area contributed by atoms with Gasteiger partial charge in [0, 0.05) is 22.2 Å². The Morgan fingerprint density at radius 3 is 2.88 bits per heavy atom. The Labute approximate surface area is 112 Å². The van der Waals surface area contributed by atoms with Crippen LogP contribution >= 0.6 is 27.7 Å². The molecule has 0 saturated carbocycles. The molecule has 0 aliphatic rings. The van der Waals surface area contributed by atoms with Crippen LogP contribution in [0.3, 0.4) is 0 Å². The standard InChI is InChI=1S/C11H11BrFN3S/c12-7-9-8-16(15-14-9)5-6-17-11-4-2-1-3-10(11)13/h1-4,8H,5-7H2. The van der Waals surface area contributed by atoms with Gasteiger partial charge in [-0.25, -0.2) is 4.39 Å². The summed E-state index contributed by atoms with van der Waals surface area (Å²) in [4.78, 5) is 0.674. The maximum atomic E-state index is 13.3. The van der Waals surface area contributed by atoms with Gasteiger partial charge in [0.25, 0.3) is 0 Å². The lowest BCUT2D eigenvalue weighted by Crippen LogP contribution is -2.01. The second kappa shape index (κ2) is 6.16. The Morgan fingerprint density at radius 1 is 1.35 bits per heavy atom. The van der Waals surface area contributed by atoms with E-state index in [0.29, 0.717) is 10.2 Å². The number of benzene rings is 1. The molecule has 0 fully saturated rings. The number of nitrogens with zero attached hydrogens (tertiary/aromatic N) is 3. The summed E-state index contributed by atoms with van der Waals surface area (Å²) < 4.78 is 15.1. The Kier molecular flexibility index (Phi) is 4.56. The average molecular weight is 316 g/mol. The molecule has 1 aromatic carbocycles. The Bertz CT molecular complexity index is 489. The molecule has 0 saturated heterocycles. The maximum absolute atomic E-state index is 13.3. The van der Waals surface area contributed by atoms with Gasteiger partial charge in [0.15, 0.2) is 0 Å². The van der Waals surface area contributed by atoms with E-state index in [9.17, 15) is 4.39 Å². The molecule has 0 spiro atoms. The molecule has 3 nitrogen and oxygen atoms in total. The largest absolute Gasteiger partial charge is 0.251 e. The number of thioether (sulfide) groups is 1. The highest BCUT2D eigenvalue weighted by Crippen LogP contribution is 2.21. The lowest BCUT2D eigenvalue weighted by Gasteiger charge is -2.02. The lowest BCUT2D eigenvalue weighted by atomic mass is 10.3. The summed E-state index contributed by atoms with van der Waals surface area (Å²) >= 11 is 4.80. The second-order valence-corrected chi connectivity index (χ2v) is 5.08. The third-order valence-electron chi connectivity index (χ3n) is 2.14. The normalized spacial score (nSPS) is 10.7. The van der Waals surface area contributed by atoms with Crippen LogP contribution in [-0.4, -0.2) is 20.7 Å². The predicted octanol–water partition coefficient (Wildman–Crippen LogP) is 3.10. The second-order valence-electron chi connectivity index (χ2n) is 3.39. The molecule has 0 aliphatic carbocycles. The van der Waals surface area contributed by atoms with Gasteiger partial charge in [0.2, 0.25) is 0 Å². The highest BCUT2D eigenvalue weighted by atomic mass is 79.9. The molecule has 1 aromatic heterocycles. The predicted molar refractivity (Wildman–Crippen MR) is 69.8 cm³/mol. The molecule has 0 amide bonds. The maximum Gasteiger partial charge on any atom is 0.136 e. The van der Waals surface area contributed by atoms with Gasteiger partial charge in [-0.3, -0.25) is 4.68 Å². The molecule has 2 aromatic rings. The van der Waals surface area contributed by atoms with E-state index in [0.717, 1.165) is 18.0 Å². The summed E-state index contributed by atoms with van der Waals surface area (Å²) in [7, 11) is 0. The highest BCUT2D eigenvalue weighted by molar-refractivity contribution is 9.08. The van der Waals surface area contributed by atoms with E-state index in [2.05, 4.69) is 26.2 Å². The number of hydrogen-bond donors (Lipinski definition) is 0. The summed E-state index contributed by atoms with van der Waals surface area (Å²) in [5.74, 6) is 0.601. The quantitative estimate of drug-likeness (QED) is 0.627. The Hall–Kier alpha value is -0.880. The smallest absolute Gasteiger partial charge is 0.136 e. The minimum atomic E-state index is -0.169. The minimum Gasteiger partial charge on any atom is -0.251 e. The van der Waals surface area contributed by atoms with Crippen molar-refractivity contribution >= 4 is 27.7 Å². The van der Waals surface area contributed by atoms with Gasteiger partial charge in [-0.1, -0.05) is 33.3 Å². The summed E-state index contributed by atoms with van der Waals surface area (Å²) in [6, 6.07) is 6.79. The van der Waals surface area contributed by atoms with Gasteiger partial charge in [-0.05, 0) is 12.1 Å². The molecule has 0 atom stereocenters. The van der Waals surface area contributed by atoms with Crippen molar-refractivity contribution in [2.45, 2.75) is 16.8 Å². The van der Waals surface area contributed by atoms with Gasteiger partial charge < -0.3 is 0 Å². The van der Waals surface area contributed by atoms with Crippen molar-refractivity contribution in [1.29, 1.82) is 0 Å². The zero-order chi connectivity index (χ0) is 12.1. The molecule has 0 unspecified atom stereocenters. The van der Waals surface area contributed by atoms with Crippen molar-refractivity contribution in [3.05, 3.63) is 42.0 Å². The van der Waals surface area contributed by atoms with Crippen LogP contribution in [0.4, 0.5) is 4.39 Å². The van der Waals surface area contributed by atoms with E-state index in [-0.39, 0.29) is 5.82 Å². The molecule has 17 heavy (non-hydrogen) atoms. The van der Waals surface area contributed by atoms with Crippen LogP contribution in [0.15, 0.2) is 35.4 Å². The van der Waals surface area contributed by atoms with Crippen LogP contribution in [0.2, 0.25) is 0 Å². The molecular weight excluding hydrogens is 305 g/mol. The molecular formula is C11H11BrFN3S. The SMILES string of the molecule is Fc1ccccc1SCCn1cc(CBr)nn1. The van der Waals surface area contributed by atoms with Gasteiger partial charge in [-0.2, -0.15) is 0 Å². The summed E-state index contributed by atoms with van der Waals surface area (Å²) in [6.45, 7) is 0.721. The van der Waals surface area contributed by atoms with Crippen molar-refractivity contribution < 1.29 is 4.39 Å². The van der Waals surface area contributed by atoms with Gasteiger partial charge >= 0.3 is 0 Å². The van der Waals surface area contributed by atoms with Crippen molar-refractivity contribution in [2.75, 3.05) is 5.75 Å². The van der Waals surface area contributed by atoms with Crippen LogP contribution < -0.4 is 0 Å². The third kappa shape index (κ3) is 3.54. The molecule has 0 aliphatic heterocycles. The minimum absolute atomic E-state index is 0.169. The number of aromatic nitrogens is 3. The van der Waals surface area contributed by atoms with E-state index >= 15 is 0 Å². The number of aryl methyl sites for hydroxylation is 1. The molecule has 0 radical (unpaired) electrons. The van der Waals surface area contributed by atoms with Crippen LogP contribution in [0.5, 0.6) is 0 Å². The summed E-state index contributed by atoms with van der Waals surface area (Å²) in [5.41, 5.74) is 0.904. The lowest BCUT2D eigenvalue weighted by molar-refractivity contribution is 0.600. The molecule has 0 bridgehead atoms. The van der Waals surface area contributed by atoms with Crippen molar-refractivity contribution in [3.8, 4) is 0 Å². The van der Waals surface area contributed by atoms with Gasteiger partial charge in [0.05, 0.1) is 12.2 Å². The van der Waals surface area contributed by atoms with Crippen molar-refractivity contribution in [2.24, 2.45) is 0 Å². The monoisotopic (exact) mass is 315 g/mol. The van der Waals surface area contributed by atoms with Crippen molar-refractivity contribution in [3.63, 3.8) is 0 Å². The first-order valence-electron chi connectivity index (χ1n) is 5.12. The fourth-order valence-corrected chi connectivity index (χ4v) is 2.46. The van der Waals surface area contributed by atoms with E-state index < -0.39 is 0 Å². The molecule has 1 heterocycles. The van der Waals surface area contributed by atoms with Crippen LogP contribution in [0, 0.1) is 5.82 Å². The molecule has 90 valence electrons. The fraction of sp³-hybridized carbons (Fsp3) is 0.273. The average Bonchev–Trinajstić information content (AvgIpc) is 2.80. The van der Waals surface area contributed by atoms with E-state index in [1.807, 2.05) is 12.3 Å². The molecule has 0 N–H and O–H groups in total. The third-order valence-corrected chi connectivity index (χ3v) is 3.74. The van der Waals surface area contributed by atoms with Crippen LogP contribution in [0.1, 0.15) is 5.69 Å². The fourth-order valence-electron chi connectivity index (χ4n) is 1.32. The summed E-state index contributed by atoms with van der Waals surface area (Å²) in [6.07, 6.45) is 1.89. The van der Waals surface area contributed by atoms with Crippen LogP contribution in [-0.2, 0) is 11.9 Å². The summed E-state index contributed by atoms with van der Waals surface area (Å²) in [5, 5.41) is 8.63.